The first-order valence-electron chi connectivity index (χ1n) is 6.68. The molecule has 0 bridgehead atoms. The van der Waals surface area contributed by atoms with E-state index in [4.69, 9.17) is 5.73 Å². The van der Waals surface area contributed by atoms with E-state index in [9.17, 15) is 0 Å². The largest absolute Gasteiger partial charge is 0.398 e. The molecule has 0 radical (unpaired) electrons. The summed E-state index contributed by atoms with van der Waals surface area (Å²) in [5.74, 6) is 0.771. The number of hydrogen-bond acceptors (Lipinski definition) is 2. The molecule has 1 aliphatic heterocycles. The smallest absolute Gasteiger partial charge is 0.0350 e. The van der Waals surface area contributed by atoms with Gasteiger partial charge in [0, 0.05) is 24.8 Å². The van der Waals surface area contributed by atoms with Crippen LogP contribution in [0.2, 0.25) is 0 Å². The Morgan fingerprint density at radius 2 is 2.06 bits per heavy atom. The zero-order chi connectivity index (χ0) is 12.4. The zero-order valence-electron chi connectivity index (χ0n) is 11.2. The van der Waals surface area contributed by atoms with Gasteiger partial charge in [0.2, 0.25) is 0 Å². The van der Waals surface area contributed by atoms with Gasteiger partial charge >= 0.3 is 0 Å². The maximum Gasteiger partial charge on any atom is 0.0350 e. The van der Waals surface area contributed by atoms with Crippen LogP contribution < -0.4 is 5.73 Å². The molecule has 1 unspecified atom stereocenters. The molecule has 1 aromatic carbocycles. The van der Waals surface area contributed by atoms with Gasteiger partial charge in [-0.2, -0.15) is 0 Å². The molecule has 1 atom stereocenters. The van der Waals surface area contributed by atoms with Crippen molar-refractivity contribution in [1.82, 2.24) is 4.90 Å². The molecule has 1 heterocycles. The van der Waals surface area contributed by atoms with Gasteiger partial charge in [0.15, 0.2) is 0 Å². The summed E-state index contributed by atoms with van der Waals surface area (Å²) in [6.45, 7) is 9.15. The van der Waals surface area contributed by atoms with E-state index >= 15 is 0 Å². The molecular formula is C15H24N2. The molecule has 0 spiro atoms. The minimum absolute atomic E-state index is 0.671. The van der Waals surface area contributed by atoms with Crippen LogP contribution in [0.5, 0.6) is 0 Å². The van der Waals surface area contributed by atoms with Crippen LogP contribution in [0.15, 0.2) is 18.2 Å². The van der Waals surface area contributed by atoms with Crippen LogP contribution in [0.1, 0.15) is 38.3 Å². The van der Waals surface area contributed by atoms with Crippen LogP contribution in [-0.4, -0.2) is 17.5 Å². The number of nitrogens with two attached hydrogens (primary N) is 1. The van der Waals surface area contributed by atoms with Crippen molar-refractivity contribution in [1.29, 1.82) is 0 Å². The number of fused-ring (bicyclic) bond motifs is 1. The van der Waals surface area contributed by atoms with Gasteiger partial charge < -0.3 is 5.73 Å². The van der Waals surface area contributed by atoms with Crippen LogP contribution in [0, 0.1) is 5.92 Å². The number of hydrogen-bond donors (Lipinski definition) is 1. The summed E-state index contributed by atoms with van der Waals surface area (Å²) < 4.78 is 0. The van der Waals surface area contributed by atoms with Gasteiger partial charge in [0.1, 0.15) is 0 Å². The second-order valence-corrected chi connectivity index (χ2v) is 5.68. The Bertz CT molecular complexity index is 385. The van der Waals surface area contributed by atoms with Crippen molar-refractivity contribution in [3.05, 3.63) is 29.3 Å². The van der Waals surface area contributed by atoms with Crippen molar-refractivity contribution in [2.45, 2.75) is 46.2 Å². The van der Waals surface area contributed by atoms with Crippen molar-refractivity contribution in [3.8, 4) is 0 Å². The molecule has 2 heteroatoms. The van der Waals surface area contributed by atoms with Crippen molar-refractivity contribution < 1.29 is 0 Å². The predicted octanol–water partition coefficient (Wildman–Crippen LogP) is 3.06. The summed E-state index contributed by atoms with van der Waals surface area (Å²) in [6.07, 6.45) is 2.38. The molecule has 2 nitrogen and oxygen atoms in total. The number of benzene rings is 1. The minimum atomic E-state index is 0.671. The molecule has 1 aromatic rings. The van der Waals surface area contributed by atoms with Crippen LogP contribution in [-0.2, 0) is 13.0 Å². The fourth-order valence-corrected chi connectivity index (χ4v) is 2.87. The lowest BCUT2D eigenvalue weighted by atomic mass is 9.95. The van der Waals surface area contributed by atoms with Crippen molar-refractivity contribution in [3.63, 3.8) is 0 Å². The third-order valence-electron chi connectivity index (χ3n) is 3.77. The molecule has 0 saturated heterocycles. The lowest BCUT2D eigenvalue weighted by Gasteiger charge is -2.35. The Labute approximate surface area is 105 Å². The summed E-state index contributed by atoms with van der Waals surface area (Å²) in [7, 11) is 0. The first-order valence-corrected chi connectivity index (χ1v) is 6.68. The van der Waals surface area contributed by atoms with Crippen molar-refractivity contribution >= 4 is 5.69 Å². The topological polar surface area (TPSA) is 29.3 Å². The molecule has 94 valence electrons. The lowest BCUT2D eigenvalue weighted by Crippen LogP contribution is -2.38. The number of nitrogens with zero attached hydrogens (tertiary/aromatic N) is 1. The Hall–Kier alpha value is -1.02. The maximum absolute atomic E-state index is 6.03. The minimum Gasteiger partial charge on any atom is -0.398 e. The molecule has 2 N–H and O–H groups in total. The Morgan fingerprint density at radius 3 is 2.76 bits per heavy atom. The van der Waals surface area contributed by atoms with Gasteiger partial charge in [-0.05, 0) is 42.9 Å². The van der Waals surface area contributed by atoms with Gasteiger partial charge in [-0.1, -0.05) is 26.0 Å². The fourth-order valence-electron chi connectivity index (χ4n) is 2.87. The van der Waals surface area contributed by atoms with Gasteiger partial charge in [-0.25, -0.2) is 0 Å². The summed E-state index contributed by atoms with van der Waals surface area (Å²) in [4.78, 5) is 2.59. The highest BCUT2D eigenvalue weighted by atomic mass is 15.2. The summed E-state index contributed by atoms with van der Waals surface area (Å²) in [5, 5.41) is 0. The number of rotatable bonds is 3. The molecule has 0 saturated carbocycles. The normalized spacial score (nSPS) is 18.1. The highest BCUT2D eigenvalue weighted by Crippen LogP contribution is 2.26. The van der Waals surface area contributed by atoms with Gasteiger partial charge in [0.05, 0.1) is 0 Å². The van der Waals surface area contributed by atoms with E-state index in [-0.39, 0.29) is 0 Å². The standard InChI is InChI=1S/C15H24N2/c1-11(2)9-12(3)17-8-7-14-13(10-17)5-4-6-15(14)16/h4-6,11-12H,7-10,16H2,1-3H3. The van der Waals surface area contributed by atoms with Crippen LogP contribution in [0.25, 0.3) is 0 Å². The first kappa shape index (κ1) is 12.4. The number of anilines is 1. The molecule has 0 amide bonds. The van der Waals surface area contributed by atoms with E-state index in [0.29, 0.717) is 6.04 Å². The monoisotopic (exact) mass is 232 g/mol. The SMILES string of the molecule is CC(C)CC(C)N1CCc2c(N)cccc2C1. The molecule has 17 heavy (non-hydrogen) atoms. The Kier molecular flexibility index (Phi) is 3.72. The third kappa shape index (κ3) is 2.81. The predicted molar refractivity (Wildman–Crippen MR) is 73.9 cm³/mol. The van der Waals surface area contributed by atoms with Crippen molar-refractivity contribution in [2.24, 2.45) is 5.92 Å². The second-order valence-electron chi connectivity index (χ2n) is 5.68. The molecule has 0 aliphatic carbocycles. The molecule has 1 aliphatic rings. The average Bonchev–Trinajstić information content (AvgIpc) is 2.28. The molecule has 2 rings (SSSR count). The van der Waals surface area contributed by atoms with E-state index in [1.165, 1.54) is 17.5 Å². The number of nitrogen functional groups attached to an aromatic ring is 1. The maximum atomic E-state index is 6.03. The zero-order valence-corrected chi connectivity index (χ0v) is 11.2. The fraction of sp³-hybridized carbons (Fsp3) is 0.600. The summed E-state index contributed by atoms with van der Waals surface area (Å²) in [6, 6.07) is 6.99. The quantitative estimate of drug-likeness (QED) is 0.812. The van der Waals surface area contributed by atoms with Crippen LogP contribution in [0.3, 0.4) is 0 Å². The van der Waals surface area contributed by atoms with Gasteiger partial charge in [0.25, 0.3) is 0 Å². The van der Waals surface area contributed by atoms with Crippen molar-refractivity contribution in [2.75, 3.05) is 12.3 Å². The van der Waals surface area contributed by atoms with E-state index in [1.807, 2.05) is 6.07 Å². The second kappa shape index (κ2) is 5.09. The van der Waals surface area contributed by atoms with E-state index in [2.05, 4.69) is 37.8 Å². The van der Waals surface area contributed by atoms with Crippen LogP contribution >= 0.6 is 0 Å². The van der Waals surface area contributed by atoms with Gasteiger partial charge in [-0.3, -0.25) is 4.90 Å². The van der Waals surface area contributed by atoms with E-state index in [0.717, 1.165) is 31.1 Å². The molecule has 0 fully saturated rings. The highest BCUT2D eigenvalue weighted by Gasteiger charge is 2.21. The summed E-state index contributed by atoms with van der Waals surface area (Å²) in [5.41, 5.74) is 9.79. The van der Waals surface area contributed by atoms with E-state index < -0.39 is 0 Å². The molecule has 0 aromatic heterocycles. The van der Waals surface area contributed by atoms with Crippen LogP contribution in [0.4, 0.5) is 5.69 Å². The lowest BCUT2D eigenvalue weighted by molar-refractivity contribution is 0.170. The highest BCUT2D eigenvalue weighted by molar-refractivity contribution is 5.51. The van der Waals surface area contributed by atoms with Gasteiger partial charge in [-0.15, -0.1) is 0 Å². The average molecular weight is 232 g/mol. The van der Waals surface area contributed by atoms with E-state index in [1.54, 1.807) is 0 Å². The Balaban J connectivity index is 2.08. The third-order valence-corrected chi connectivity index (χ3v) is 3.77. The Morgan fingerprint density at radius 1 is 1.29 bits per heavy atom. The molecular weight excluding hydrogens is 208 g/mol. The summed E-state index contributed by atoms with van der Waals surface area (Å²) >= 11 is 0. The first-order chi connectivity index (χ1) is 8.08.